The van der Waals surface area contributed by atoms with E-state index < -0.39 is 4.92 Å². The number of para-hydroxylation sites is 2. The number of benzene rings is 2. The van der Waals surface area contributed by atoms with Gasteiger partial charge in [0, 0.05) is 18.6 Å². The molecular formula is C27H41NO4. The summed E-state index contributed by atoms with van der Waals surface area (Å²) < 4.78 is 11.5. The van der Waals surface area contributed by atoms with Gasteiger partial charge in [0.1, 0.15) is 18.1 Å². The minimum atomic E-state index is -0.449. The van der Waals surface area contributed by atoms with E-state index in [0.717, 1.165) is 24.2 Å². The van der Waals surface area contributed by atoms with Crippen molar-refractivity contribution in [2.24, 2.45) is 0 Å². The summed E-state index contributed by atoms with van der Waals surface area (Å²) >= 11 is 0. The molecule has 178 valence electrons. The molecule has 2 aromatic rings. The highest BCUT2D eigenvalue weighted by Gasteiger charge is 2.16. The Hall–Kier alpha value is -3.08. The second kappa shape index (κ2) is 21.2. The van der Waals surface area contributed by atoms with Gasteiger partial charge < -0.3 is 9.47 Å². The third-order valence-corrected chi connectivity index (χ3v) is 3.60. The molecule has 0 unspecified atom stereocenters. The van der Waals surface area contributed by atoms with E-state index in [4.69, 9.17) is 9.47 Å². The van der Waals surface area contributed by atoms with Gasteiger partial charge in [-0.1, -0.05) is 97.9 Å². The molecule has 0 saturated heterocycles. The summed E-state index contributed by atoms with van der Waals surface area (Å²) in [5, 5.41) is 11.1. The van der Waals surface area contributed by atoms with Crippen molar-refractivity contribution in [2.75, 3.05) is 0 Å². The molecule has 0 fully saturated rings. The zero-order valence-corrected chi connectivity index (χ0v) is 21.1. The summed E-state index contributed by atoms with van der Waals surface area (Å²) in [4.78, 5) is 10.6. The molecule has 0 bridgehead atoms. The molecule has 0 spiro atoms. The number of nitro groups is 1. The van der Waals surface area contributed by atoms with Crippen molar-refractivity contribution in [3.63, 3.8) is 0 Å². The fraction of sp³-hybridized carbons (Fsp3) is 0.407. The number of ether oxygens (including phenoxy) is 2. The predicted octanol–water partition coefficient (Wildman–Crippen LogP) is 8.86. The van der Waals surface area contributed by atoms with E-state index in [1.165, 1.54) is 6.07 Å². The van der Waals surface area contributed by atoms with Crippen LogP contribution in [-0.4, -0.2) is 4.92 Å². The van der Waals surface area contributed by atoms with E-state index in [2.05, 4.69) is 0 Å². The van der Waals surface area contributed by atoms with Crippen LogP contribution in [0.4, 0.5) is 5.69 Å². The molecule has 0 aliphatic heterocycles. The molecule has 0 heterocycles. The van der Waals surface area contributed by atoms with Gasteiger partial charge in [0.2, 0.25) is 5.75 Å². The average Bonchev–Trinajstić information content (AvgIpc) is 2.89. The zero-order chi connectivity index (χ0) is 24.8. The minimum Gasteiger partial charge on any atom is -0.493 e. The summed E-state index contributed by atoms with van der Waals surface area (Å²) in [6.45, 7) is 16.5. The molecule has 1 aliphatic rings. The van der Waals surface area contributed by atoms with Gasteiger partial charge in [-0.05, 0) is 24.1 Å². The van der Waals surface area contributed by atoms with Crippen LogP contribution < -0.4 is 4.74 Å². The Labute approximate surface area is 194 Å². The van der Waals surface area contributed by atoms with Gasteiger partial charge in [0.05, 0.1) is 4.92 Å². The van der Waals surface area contributed by atoms with Crippen molar-refractivity contribution in [1.82, 2.24) is 0 Å². The Morgan fingerprint density at radius 1 is 0.844 bits per heavy atom. The number of rotatable bonds is 6. The Bertz CT molecular complexity index is 783. The van der Waals surface area contributed by atoms with Crippen molar-refractivity contribution in [3.8, 4) is 5.75 Å². The summed E-state index contributed by atoms with van der Waals surface area (Å²) in [5.41, 5.74) is 1.04. The smallest absolute Gasteiger partial charge is 0.311 e. The molecule has 2 aromatic carbocycles. The molecule has 0 aromatic heterocycles. The predicted molar refractivity (Wildman–Crippen MR) is 136 cm³/mol. The first-order valence-electron chi connectivity index (χ1n) is 11.7. The van der Waals surface area contributed by atoms with Crippen molar-refractivity contribution in [3.05, 3.63) is 93.9 Å². The van der Waals surface area contributed by atoms with Gasteiger partial charge >= 0.3 is 5.69 Å². The highest BCUT2D eigenvalue weighted by molar-refractivity contribution is 5.47. The molecule has 0 amide bonds. The monoisotopic (exact) mass is 443 g/mol. The molecule has 1 aliphatic carbocycles. The van der Waals surface area contributed by atoms with E-state index in [1.807, 2.05) is 91.8 Å². The lowest BCUT2D eigenvalue weighted by molar-refractivity contribution is -0.385. The number of nitro benzene ring substituents is 1. The Kier molecular flexibility index (Phi) is 20.6. The van der Waals surface area contributed by atoms with Crippen LogP contribution in [0.25, 0.3) is 0 Å². The van der Waals surface area contributed by atoms with Crippen molar-refractivity contribution in [2.45, 2.75) is 74.8 Å². The van der Waals surface area contributed by atoms with E-state index in [-0.39, 0.29) is 11.4 Å². The van der Waals surface area contributed by atoms with Crippen LogP contribution in [-0.2, 0) is 11.3 Å². The van der Waals surface area contributed by atoms with Crippen LogP contribution in [0, 0.1) is 10.1 Å². The Morgan fingerprint density at radius 3 is 2.00 bits per heavy atom. The van der Waals surface area contributed by atoms with E-state index in [9.17, 15) is 10.1 Å². The van der Waals surface area contributed by atoms with E-state index in [0.29, 0.717) is 12.4 Å². The van der Waals surface area contributed by atoms with Crippen molar-refractivity contribution >= 4 is 5.69 Å². The van der Waals surface area contributed by atoms with Crippen LogP contribution in [0.2, 0.25) is 0 Å². The van der Waals surface area contributed by atoms with Gasteiger partial charge in [-0.3, -0.25) is 10.1 Å². The topological polar surface area (TPSA) is 61.6 Å². The maximum Gasteiger partial charge on any atom is 0.311 e. The lowest BCUT2D eigenvalue weighted by atomic mass is 10.1. The fourth-order valence-corrected chi connectivity index (χ4v) is 2.40. The Morgan fingerprint density at radius 2 is 1.41 bits per heavy atom. The number of allylic oxidation sites excluding steroid dienone is 3. The van der Waals surface area contributed by atoms with Crippen LogP contribution in [0.3, 0.4) is 0 Å². The van der Waals surface area contributed by atoms with Crippen LogP contribution >= 0.6 is 0 Å². The van der Waals surface area contributed by atoms with Crippen molar-refractivity contribution < 1.29 is 14.4 Å². The fourth-order valence-electron chi connectivity index (χ4n) is 2.40. The van der Waals surface area contributed by atoms with Gasteiger partial charge in [0.25, 0.3) is 0 Å². The first-order valence-corrected chi connectivity index (χ1v) is 11.7. The largest absolute Gasteiger partial charge is 0.493 e. The maximum absolute atomic E-state index is 11.1. The number of hydrogen-bond acceptors (Lipinski definition) is 4. The molecule has 32 heavy (non-hydrogen) atoms. The van der Waals surface area contributed by atoms with E-state index in [1.54, 1.807) is 24.3 Å². The summed E-state index contributed by atoms with van der Waals surface area (Å²) in [6, 6.07) is 16.3. The number of nitrogens with zero attached hydrogens (tertiary/aromatic N) is 1. The van der Waals surface area contributed by atoms with Gasteiger partial charge in [-0.25, -0.2) is 0 Å². The summed E-state index contributed by atoms with van der Waals surface area (Å²) in [7, 11) is 0. The molecular weight excluding hydrogens is 402 g/mol. The second-order valence-electron chi connectivity index (χ2n) is 5.36. The average molecular weight is 444 g/mol. The molecule has 5 heteroatoms. The quantitative estimate of drug-likeness (QED) is 0.330. The Balaban J connectivity index is 0. The molecule has 5 nitrogen and oxygen atoms in total. The lowest BCUT2D eigenvalue weighted by Gasteiger charge is -2.16. The van der Waals surface area contributed by atoms with Gasteiger partial charge in [-0.15, -0.1) is 0 Å². The van der Waals surface area contributed by atoms with E-state index >= 15 is 0 Å². The van der Waals surface area contributed by atoms with Crippen LogP contribution in [0.1, 0.15) is 73.8 Å². The summed E-state index contributed by atoms with van der Waals surface area (Å²) in [5.74, 6) is 1.61. The first-order chi connectivity index (χ1) is 15.7. The standard InChI is InChI=1S/C19H17NO4.4C2H6/c21-20(22)18-11-4-5-12-19(18)24-17-10-6-9-16(13-17)23-14-15-7-2-1-3-8-15;4*1-2/h1-5,7-8,10-13H,6,9,14H2;4*1-2H3. The molecule has 0 radical (unpaired) electrons. The molecule has 0 atom stereocenters. The highest BCUT2D eigenvalue weighted by Crippen LogP contribution is 2.30. The lowest BCUT2D eigenvalue weighted by Crippen LogP contribution is -2.03. The van der Waals surface area contributed by atoms with Gasteiger partial charge in [0.15, 0.2) is 0 Å². The summed E-state index contributed by atoms with van der Waals surface area (Å²) in [6.07, 6.45) is 5.27. The normalized spacial score (nSPS) is 11.0. The second-order valence-corrected chi connectivity index (χ2v) is 5.36. The first kappa shape index (κ1) is 31.1. The third-order valence-electron chi connectivity index (χ3n) is 3.60. The molecule has 3 rings (SSSR count). The zero-order valence-electron chi connectivity index (χ0n) is 21.1. The third kappa shape index (κ3) is 11.9. The van der Waals surface area contributed by atoms with Gasteiger partial charge in [-0.2, -0.15) is 0 Å². The highest BCUT2D eigenvalue weighted by atomic mass is 16.6. The maximum atomic E-state index is 11.1. The number of hydrogen-bond donors (Lipinski definition) is 0. The SMILES string of the molecule is CC.CC.CC.CC.O=[N+]([O-])c1ccccc1OC1=CCCC(OCc2ccccc2)=C1. The van der Waals surface area contributed by atoms with Crippen LogP contribution in [0.5, 0.6) is 5.75 Å². The molecule has 0 saturated carbocycles. The van der Waals surface area contributed by atoms with Crippen LogP contribution in [0.15, 0.2) is 78.3 Å². The van der Waals surface area contributed by atoms with Crippen molar-refractivity contribution in [1.29, 1.82) is 0 Å². The minimum absolute atomic E-state index is 0.0517. The molecule has 0 N–H and O–H groups in total.